The maximum absolute atomic E-state index is 12.5. The van der Waals surface area contributed by atoms with Crippen molar-refractivity contribution in [3.05, 3.63) is 66.6 Å². The topological polar surface area (TPSA) is 60.2 Å². The first-order valence-electron chi connectivity index (χ1n) is 11.6. The second kappa shape index (κ2) is 7.73. The predicted molar refractivity (Wildman–Crippen MR) is 129 cm³/mol. The van der Waals surface area contributed by atoms with Gasteiger partial charge in [0.05, 0.1) is 17.9 Å². The average molecular weight is 439 g/mol. The molecule has 6 rings (SSSR count). The van der Waals surface area contributed by atoms with Crippen LogP contribution in [0.15, 0.2) is 61.1 Å². The van der Waals surface area contributed by atoms with Gasteiger partial charge in [0.25, 0.3) is 0 Å². The van der Waals surface area contributed by atoms with Gasteiger partial charge in [-0.2, -0.15) is 5.10 Å². The predicted octanol–water partition coefficient (Wildman–Crippen LogP) is 5.91. The number of fused-ring (bicyclic) bond motifs is 2. The van der Waals surface area contributed by atoms with Gasteiger partial charge in [0, 0.05) is 47.4 Å². The van der Waals surface area contributed by atoms with E-state index in [1.807, 2.05) is 35.4 Å². The van der Waals surface area contributed by atoms with Gasteiger partial charge in [-0.15, -0.1) is 0 Å². The molecule has 1 amide bonds. The van der Waals surface area contributed by atoms with Crippen molar-refractivity contribution in [1.82, 2.24) is 14.8 Å². The van der Waals surface area contributed by atoms with Crippen LogP contribution in [0.3, 0.4) is 0 Å². The zero-order valence-corrected chi connectivity index (χ0v) is 18.9. The lowest BCUT2D eigenvalue weighted by atomic mass is 9.92. The zero-order valence-electron chi connectivity index (χ0n) is 18.9. The molecular weight excluding hydrogens is 412 g/mol. The Hall–Kier alpha value is -3.67. The molecule has 0 saturated heterocycles. The van der Waals surface area contributed by atoms with Crippen LogP contribution in [0.25, 0.3) is 21.9 Å². The normalized spacial score (nSPS) is 17.8. The first kappa shape index (κ1) is 20.0. The summed E-state index contributed by atoms with van der Waals surface area (Å²) in [5.74, 6) is 1.39. The third-order valence-electron chi connectivity index (χ3n) is 6.76. The lowest BCUT2D eigenvalue weighted by Gasteiger charge is -2.35. The minimum absolute atomic E-state index is 0.0481. The van der Waals surface area contributed by atoms with Crippen molar-refractivity contribution < 1.29 is 9.53 Å². The number of rotatable bonds is 4. The molecule has 6 heteroatoms. The Bertz CT molecular complexity index is 1370. The van der Waals surface area contributed by atoms with Gasteiger partial charge in [0.15, 0.2) is 0 Å². The fourth-order valence-electron chi connectivity index (χ4n) is 4.91. The van der Waals surface area contributed by atoms with Crippen LogP contribution in [0.2, 0.25) is 0 Å². The molecule has 1 unspecified atom stereocenters. The minimum atomic E-state index is 0.0481. The molecule has 3 heterocycles. The molecule has 1 aliphatic carbocycles. The lowest BCUT2D eigenvalue weighted by Crippen LogP contribution is -2.40. The van der Waals surface area contributed by atoms with Gasteiger partial charge in [-0.05, 0) is 62.3 Å². The fraction of sp³-hybridized carbons (Fsp3) is 0.296. The van der Waals surface area contributed by atoms with E-state index in [1.54, 1.807) is 13.1 Å². The molecule has 0 radical (unpaired) electrons. The fourth-order valence-corrected chi connectivity index (χ4v) is 4.91. The van der Waals surface area contributed by atoms with Crippen molar-refractivity contribution >= 4 is 22.4 Å². The van der Waals surface area contributed by atoms with Gasteiger partial charge < -0.3 is 9.64 Å². The van der Waals surface area contributed by atoms with E-state index in [0.29, 0.717) is 11.9 Å². The lowest BCUT2D eigenvalue weighted by molar-refractivity contribution is -0.117. The number of nitrogens with zero attached hydrogens (tertiary/aromatic N) is 4. The van der Waals surface area contributed by atoms with Crippen molar-refractivity contribution in [2.24, 2.45) is 0 Å². The highest BCUT2D eigenvalue weighted by atomic mass is 16.5. The SMILES string of the molecule is CC(=O)N1c2ccc(-c3cnn(C4CC4)c3)c(Oc3nccc4ccccc34)c2CCC1C. The highest BCUT2D eigenvalue weighted by molar-refractivity contribution is 5.95. The van der Waals surface area contributed by atoms with E-state index in [4.69, 9.17) is 4.74 Å². The summed E-state index contributed by atoms with van der Waals surface area (Å²) in [5.41, 5.74) is 3.98. The molecule has 0 bridgehead atoms. The highest BCUT2D eigenvalue weighted by Crippen LogP contribution is 2.45. The van der Waals surface area contributed by atoms with Crippen molar-refractivity contribution in [3.8, 4) is 22.8 Å². The third-order valence-corrected chi connectivity index (χ3v) is 6.76. The van der Waals surface area contributed by atoms with Crippen LogP contribution in [0.5, 0.6) is 11.6 Å². The van der Waals surface area contributed by atoms with E-state index in [1.165, 1.54) is 12.8 Å². The Morgan fingerprint density at radius 3 is 2.76 bits per heavy atom. The van der Waals surface area contributed by atoms with Crippen LogP contribution in [-0.4, -0.2) is 26.7 Å². The summed E-state index contributed by atoms with van der Waals surface area (Å²) in [6.45, 7) is 3.73. The number of hydrogen-bond donors (Lipinski definition) is 0. The Balaban J connectivity index is 1.53. The monoisotopic (exact) mass is 438 g/mol. The van der Waals surface area contributed by atoms with E-state index in [-0.39, 0.29) is 11.9 Å². The average Bonchev–Trinajstić information content (AvgIpc) is 3.56. The van der Waals surface area contributed by atoms with Gasteiger partial charge in [-0.25, -0.2) is 4.98 Å². The molecule has 33 heavy (non-hydrogen) atoms. The van der Waals surface area contributed by atoms with Crippen LogP contribution in [0, 0.1) is 0 Å². The molecule has 1 atom stereocenters. The van der Waals surface area contributed by atoms with Gasteiger partial charge in [-0.1, -0.05) is 18.2 Å². The van der Waals surface area contributed by atoms with Gasteiger partial charge in [0.1, 0.15) is 5.75 Å². The Kier molecular flexibility index (Phi) is 4.68. The van der Waals surface area contributed by atoms with Gasteiger partial charge in [0.2, 0.25) is 11.8 Å². The third kappa shape index (κ3) is 3.46. The van der Waals surface area contributed by atoms with Crippen molar-refractivity contribution in [3.63, 3.8) is 0 Å². The smallest absolute Gasteiger partial charge is 0.227 e. The molecule has 1 saturated carbocycles. The molecule has 0 N–H and O–H groups in total. The maximum Gasteiger partial charge on any atom is 0.227 e. The van der Waals surface area contributed by atoms with Crippen molar-refractivity contribution in [1.29, 1.82) is 0 Å². The summed E-state index contributed by atoms with van der Waals surface area (Å²) >= 11 is 0. The molecule has 2 aliphatic rings. The number of aromatic nitrogens is 3. The molecule has 2 aromatic carbocycles. The van der Waals surface area contributed by atoms with Crippen LogP contribution >= 0.6 is 0 Å². The van der Waals surface area contributed by atoms with E-state index in [9.17, 15) is 4.79 Å². The summed E-state index contributed by atoms with van der Waals surface area (Å²) in [7, 11) is 0. The van der Waals surface area contributed by atoms with Gasteiger partial charge in [-0.3, -0.25) is 9.48 Å². The Labute approximate surface area is 192 Å². The summed E-state index contributed by atoms with van der Waals surface area (Å²) in [4.78, 5) is 19.0. The quantitative estimate of drug-likeness (QED) is 0.397. The first-order chi connectivity index (χ1) is 16.1. The van der Waals surface area contributed by atoms with Crippen LogP contribution in [0.1, 0.15) is 44.7 Å². The number of hydrogen-bond acceptors (Lipinski definition) is 4. The standard InChI is InChI=1S/C27H26N4O2/c1-17-7-10-24-25(31(17)18(2)32)12-11-22(20-15-29-30(16-20)21-8-9-21)26(24)33-27-23-6-4-3-5-19(23)13-14-28-27/h3-6,11-17,21H,7-10H2,1-2H3. The molecule has 1 aliphatic heterocycles. The Morgan fingerprint density at radius 1 is 1.09 bits per heavy atom. The summed E-state index contributed by atoms with van der Waals surface area (Å²) in [6.07, 6.45) is 9.89. The number of ether oxygens (including phenoxy) is 1. The van der Waals surface area contributed by atoms with E-state index in [2.05, 4.69) is 46.1 Å². The van der Waals surface area contributed by atoms with E-state index in [0.717, 1.165) is 51.7 Å². The number of carbonyl (C=O) groups excluding carboxylic acids is 1. The second-order valence-corrected chi connectivity index (χ2v) is 9.10. The van der Waals surface area contributed by atoms with Crippen LogP contribution < -0.4 is 9.64 Å². The molecule has 1 fully saturated rings. The highest BCUT2D eigenvalue weighted by Gasteiger charge is 2.31. The largest absolute Gasteiger partial charge is 0.437 e. The van der Waals surface area contributed by atoms with E-state index < -0.39 is 0 Å². The number of amides is 1. The molecular formula is C27H26N4O2. The number of carbonyl (C=O) groups is 1. The van der Waals surface area contributed by atoms with Crippen molar-refractivity contribution in [2.75, 3.05) is 4.90 Å². The number of benzene rings is 2. The van der Waals surface area contributed by atoms with Crippen LogP contribution in [0.4, 0.5) is 5.69 Å². The molecule has 2 aromatic heterocycles. The Morgan fingerprint density at radius 2 is 1.94 bits per heavy atom. The summed E-state index contributed by atoms with van der Waals surface area (Å²) < 4.78 is 8.69. The van der Waals surface area contributed by atoms with Crippen LogP contribution in [-0.2, 0) is 11.2 Å². The zero-order chi connectivity index (χ0) is 22.5. The number of anilines is 1. The minimum Gasteiger partial charge on any atom is -0.437 e. The molecule has 0 spiro atoms. The number of pyridine rings is 1. The first-order valence-corrected chi connectivity index (χ1v) is 11.6. The second-order valence-electron chi connectivity index (χ2n) is 9.10. The van der Waals surface area contributed by atoms with Gasteiger partial charge >= 0.3 is 0 Å². The van der Waals surface area contributed by atoms with Crippen molar-refractivity contribution in [2.45, 2.75) is 51.6 Å². The summed E-state index contributed by atoms with van der Waals surface area (Å²) in [5, 5.41) is 6.64. The molecule has 6 nitrogen and oxygen atoms in total. The molecule has 4 aromatic rings. The van der Waals surface area contributed by atoms with E-state index >= 15 is 0 Å². The summed E-state index contributed by atoms with van der Waals surface area (Å²) in [6, 6.07) is 14.9. The maximum atomic E-state index is 12.5. The molecule has 166 valence electrons.